The minimum Gasteiger partial charge on any atom is -0.478 e. The lowest BCUT2D eigenvalue weighted by atomic mass is 10.1. The van der Waals surface area contributed by atoms with Crippen molar-refractivity contribution >= 4 is 29.2 Å². The molecule has 2 aromatic carbocycles. The van der Waals surface area contributed by atoms with Gasteiger partial charge in [0.2, 0.25) is 5.91 Å². The van der Waals surface area contributed by atoms with Crippen LogP contribution in [-0.4, -0.2) is 28.9 Å². The summed E-state index contributed by atoms with van der Waals surface area (Å²) in [6.45, 7) is 1.92. The fraction of sp³-hybridized carbons (Fsp3) is 0.167. The van der Waals surface area contributed by atoms with Gasteiger partial charge in [-0.1, -0.05) is 29.8 Å². The minimum absolute atomic E-state index is 0.0132. The summed E-state index contributed by atoms with van der Waals surface area (Å²) in [5.41, 5.74) is 1.93. The Morgan fingerprint density at radius 1 is 1.12 bits per heavy atom. The van der Waals surface area contributed by atoms with Gasteiger partial charge in [-0.2, -0.15) is 0 Å². The normalized spacial score (nSPS) is 17.2. The van der Waals surface area contributed by atoms with Gasteiger partial charge in [-0.25, -0.2) is 9.69 Å². The fourth-order valence-electron chi connectivity index (χ4n) is 2.69. The molecule has 1 unspecified atom stereocenters. The molecule has 2 aromatic rings. The van der Waals surface area contributed by atoms with E-state index in [9.17, 15) is 19.5 Å². The summed E-state index contributed by atoms with van der Waals surface area (Å²) in [6.07, 6.45) is -0.0132. The Hall–Kier alpha value is -3.15. The minimum atomic E-state index is -1.09. The van der Waals surface area contributed by atoms with E-state index in [-0.39, 0.29) is 23.8 Å². The molecule has 1 atom stereocenters. The lowest BCUT2D eigenvalue weighted by molar-refractivity contribution is -0.121. The molecular formula is C18H16N2O4. The first-order valence-corrected chi connectivity index (χ1v) is 7.49. The number of rotatable bonds is 4. The number of nitrogens with zero attached hydrogens (tertiary/aromatic N) is 1. The number of carbonyl (C=O) groups excluding carboxylic acids is 2. The summed E-state index contributed by atoms with van der Waals surface area (Å²) in [4.78, 5) is 37.2. The second kappa shape index (κ2) is 6.16. The highest BCUT2D eigenvalue weighted by atomic mass is 16.4. The topological polar surface area (TPSA) is 86.7 Å². The third-order valence-corrected chi connectivity index (χ3v) is 3.93. The van der Waals surface area contributed by atoms with E-state index in [1.807, 2.05) is 19.1 Å². The second-order valence-electron chi connectivity index (χ2n) is 5.65. The molecule has 1 fully saturated rings. The Labute approximate surface area is 138 Å². The van der Waals surface area contributed by atoms with E-state index in [1.165, 1.54) is 6.07 Å². The number of carboxylic acids is 1. The Balaban J connectivity index is 1.85. The highest BCUT2D eigenvalue weighted by molar-refractivity contribution is 6.23. The fourth-order valence-corrected chi connectivity index (χ4v) is 2.69. The highest BCUT2D eigenvalue weighted by Crippen LogP contribution is 2.26. The van der Waals surface area contributed by atoms with Crippen molar-refractivity contribution in [2.24, 2.45) is 0 Å². The molecule has 0 saturated carbocycles. The number of anilines is 2. The van der Waals surface area contributed by atoms with E-state index in [0.29, 0.717) is 11.4 Å². The van der Waals surface area contributed by atoms with Gasteiger partial charge < -0.3 is 10.4 Å². The zero-order chi connectivity index (χ0) is 17.3. The number of benzene rings is 2. The van der Waals surface area contributed by atoms with E-state index >= 15 is 0 Å². The molecule has 0 aromatic heterocycles. The number of aromatic carboxylic acids is 1. The molecule has 2 amide bonds. The number of aryl methyl sites for hydroxylation is 1. The molecule has 0 aliphatic carbocycles. The maximum atomic E-state index is 12.6. The van der Waals surface area contributed by atoms with Gasteiger partial charge in [0.05, 0.1) is 17.7 Å². The van der Waals surface area contributed by atoms with Gasteiger partial charge in [0.1, 0.15) is 6.04 Å². The van der Waals surface area contributed by atoms with Crippen LogP contribution in [0.15, 0.2) is 48.5 Å². The van der Waals surface area contributed by atoms with Crippen molar-refractivity contribution in [1.29, 1.82) is 0 Å². The first-order chi connectivity index (χ1) is 11.5. The Morgan fingerprint density at radius 3 is 2.46 bits per heavy atom. The smallest absolute Gasteiger partial charge is 0.337 e. The van der Waals surface area contributed by atoms with Crippen molar-refractivity contribution in [3.8, 4) is 0 Å². The number of imide groups is 1. The van der Waals surface area contributed by atoms with Crippen LogP contribution < -0.4 is 10.2 Å². The van der Waals surface area contributed by atoms with Crippen molar-refractivity contribution in [2.45, 2.75) is 19.4 Å². The number of hydrogen-bond donors (Lipinski definition) is 2. The number of amides is 2. The molecule has 3 rings (SSSR count). The molecule has 6 nitrogen and oxygen atoms in total. The predicted molar refractivity (Wildman–Crippen MR) is 89.1 cm³/mol. The van der Waals surface area contributed by atoms with E-state index in [4.69, 9.17) is 0 Å². The Morgan fingerprint density at radius 2 is 1.79 bits per heavy atom. The first kappa shape index (κ1) is 15.7. The van der Waals surface area contributed by atoms with Crippen LogP contribution >= 0.6 is 0 Å². The van der Waals surface area contributed by atoms with Crippen LogP contribution in [0.1, 0.15) is 22.3 Å². The van der Waals surface area contributed by atoms with Crippen molar-refractivity contribution < 1.29 is 19.5 Å². The molecule has 2 N–H and O–H groups in total. The van der Waals surface area contributed by atoms with E-state index in [2.05, 4.69) is 5.32 Å². The number of hydrogen-bond acceptors (Lipinski definition) is 4. The maximum absolute atomic E-state index is 12.6. The molecule has 6 heteroatoms. The molecule has 1 heterocycles. The number of para-hydroxylation sites is 1. The summed E-state index contributed by atoms with van der Waals surface area (Å²) >= 11 is 0. The average Bonchev–Trinajstić information content (AvgIpc) is 2.83. The third-order valence-electron chi connectivity index (χ3n) is 3.93. The zero-order valence-electron chi connectivity index (χ0n) is 13.0. The molecule has 1 aliphatic heterocycles. The van der Waals surface area contributed by atoms with Crippen LogP contribution in [0.4, 0.5) is 11.4 Å². The number of carboxylic acid groups (broad SMARTS) is 1. The van der Waals surface area contributed by atoms with Crippen molar-refractivity contribution in [3.05, 3.63) is 59.7 Å². The summed E-state index contributed by atoms with van der Waals surface area (Å²) < 4.78 is 0. The van der Waals surface area contributed by atoms with Crippen LogP contribution in [0.3, 0.4) is 0 Å². The zero-order valence-corrected chi connectivity index (χ0v) is 13.0. The van der Waals surface area contributed by atoms with Crippen LogP contribution in [0.25, 0.3) is 0 Å². The molecule has 0 spiro atoms. The Bertz CT molecular complexity index is 814. The van der Waals surface area contributed by atoms with Gasteiger partial charge in [0.15, 0.2) is 0 Å². The lowest BCUT2D eigenvalue weighted by Crippen LogP contribution is -2.35. The van der Waals surface area contributed by atoms with E-state index in [1.54, 1.807) is 30.3 Å². The molecule has 1 aliphatic rings. The van der Waals surface area contributed by atoms with Gasteiger partial charge in [-0.3, -0.25) is 9.59 Å². The second-order valence-corrected chi connectivity index (χ2v) is 5.65. The summed E-state index contributed by atoms with van der Waals surface area (Å²) in [7, 11) is 0. The number of carbonyl (C=O) groups is 3. The van der Waals surface area contributed by atoms with Gasteiger partial charge >= 0.3 is 5.97 Å². The summed E-state index contributed by atoms with van der Waals surface area (Å²) in [5.74, 6) is -1.79. The lowest BCUT2D eigenvalue weighted by Gasteiger charge is -2.17. The summed E-state index contributed by atoms with van der Waals surface area (Å²) in [5, 5.41) is 12.1. The van der Waals surface area contributed by atoms with Crippen LogP contribution in [0, 0.1) is 6.92 Å². The van der Waals surface area contributed by atoms with Crippen molar-refractivity contribution in [3.63, 3.8) is 0 Å². The largest absolute Gasteiger partial charge is 0.478 e. The molecule has 0 bridgehead atoms. The predicted octanol–water partition coefficient (Wildman–Crippen LogP) is 2.44. The Kier molecular flexibility index (Phi) is 4.04. The molecule has 24 heavy (non-hydrogen) atoms. The number of nitrogens with one attached hydrogen (secondary N) is 1. The van der Waals surface area contributed by atoms with Crippen LogP contribution in [0.2, 0.25) is 0 Å². The van der Waals surface area contributed by atoms with Crippen molar-refractivity contribution in [1.82, 2.24) is 0 Å². The van der Waals surface area contributed by atoms with Crippen LogP contribution in [-0.2, 0) is 9.59 Å². The van der Waals surface area contributed by atoms with Crippen LogP contribution in [0.5, 0.6) is 0 Å². The van der Waals surface area contributed by atoms with E-state index in [0.717, 1.165) is 10.5 Å². The van der Waals surface area contributed by atoms with Gasteiger partial charge in [-0.05, 0) is 31.2 Å². The molecule has 1 saturated heterocycles. The third kappa shape index (κ3) is 2.86. The highest BCUT2D eigenvalue weighted by Gasteiger charge is 2.39. The van der Waals surface area contributed by atoms with Crippen molar-refractivity contribution in [2.75, 3.05) is 10.2 Å². The summed E-state index contributed by atoms with van der Waals surface area (Å²) in [6, 6.07) is 12.6. The van der Waals surface area contributed by atoms with Gasteiger partial charge in [0.25, 0.3) is 5.91 Å². The van der Waals surface area contributed by atoms with Gasteiger partial charge in [-0.15, -0.1) is 0 Å². The quantitative estimate of drug-likeness (QED) is 0.844. The molecular weight excluding hydrogens is 308 g/mol. The maximum Gasteiger partial charge on any atom is 0.337 e. The molecule has 122 valence electrons. The monoisotopic (exact) mass is 324 g/mol. The SMILES string of the molecule is Cc1ccc(N2C(=O)CC(Nc3ccccc3C(=O)O)C2=O)cc1. The first-order valence-electron chi connectivity index (χ1n) is 7.49. The van der Waals surface area contributed by atoms with E-state index < -0.39 is 12.0 Å². The van der Waals surface area contributed by atoms with Gasteiger partial charge in [0, 0.05) is 5.69 Å². The molecule has 0 radical (unpaired) electrons. The standard InChI is InChI=1S/C18H16N2O4/c1-11-6-8-12(9-7-11)20-16(21)10-15(17(20)22)19-14-5-3-2-4-13(14)18(23)24/h2-9,15,19H,10H2,1H3,(H,23,24). The average molecular weight is 324 g/mol.